The van der Waals surface area contributed by atoms with Gasteiger partial charge in [-0.2, -0.15) is 10.2 Å². The SMILES string of the molecule is N#Cc1nc(-c2cccnc2)oc1NCC(c1ccccc1Cl)N1CCCC1. The number of nitriles is 1. The molecule has 1 N–H and O–H groups in total. The molecule has 1 aliphatic heterocycles. The molecule has 4 rings (SSSR count). The molecule has 0 aliphatic carbocycles. The number of oxazole rings is 1. The first-order chi connectivity index (χ1) is 13.8. The van der Waals surface area contributed by atoms with E-state index in [4.69, 9.17) is 16.0 Å². The van der Waals surface area contributed by atoms with E-state index < -0.39 is 0 Å². The second-order valence-corrected chi connectivity index (χ2v) is 7.12. The van der Waals surface area contributed by atoms with E-state index in [2.05, 4.69) is 32.3 Å². The van der Waals surface area contributed by atoms with Crippen LogP contribution in [-0.2, 0) is 0 Å². The number of anilines is 1. The van der Waals surface area contributed by atoms with Crippen LogP contribution in [0, 0.1) is 11.3 Å². The summed E-state index contributed by atoms with van der Waals surface area (Å²) in [5.41, 5.74) is 2.04. The summed E-state index contributed by atoms with van der Waals surface area (Å²) in [6.07, 6.45) is 5.70. The van der Waals surface area contributed by atoms with E-state index in [0.717, 1.165) is 29.2 Å². The molecule has 2 aromatic heterocycles. The van der Waals surface area contributed by atoms with Gasteiger partial charge in [-0.1, -0.05) is 29.8 Å². The Morgan fingerprint density at radius 3 is 2.75 bits per heavy atom. The highest BCUT2D eigenvalue weighted by atomic mass is 35.5. The fraction of sp³-hybridized carbons (Fsp3) is 0.286. The molecule has 0 spiro atoms. The van der Waals surface area contributed by atoms with Crippen LogP contribution < -0.4 is 5.32 Å². The number of likely N-dealkylation sites (tertiary alicyclic amines) is 1. The molecule has 3 heterocycles. The summed E-state index contributed by atoms with van der Waals surface area (Å²) >= 11 is 6.47. The molecule has 6 nitrogen and oxygen atoms in total. The van der Waals surface area contributed by atoms with Gasteiger partial charge in [-0.25, -0.2) is 0 Å². The molecule has 0 saturated carbocycles. The lowest BCUT2D eigenvalue weighted by Gasteiger charge is -2.28. The van der Waals surface area contributed by atoms with Gasteiger partial charge in [0.25, 0.3) is 0 Å². The molecule has 1 aromatic carbocycles. The van der Waals surface area contributed by atoms with Gasteiger partial charge < -0.3 is 9.73 Å². The minimum atomic E-state index is 0.0923. The summed E-state index contributed by atoms with van der Waals surface area (Å²) in [5.74, 6) is 0.750. The lowest BCUT2D eigenvalue weighted by atomic mass is 10.1. The van der Waals surface area contributed by atoms with E-state index in [0.29, 0.717) is 18.3 Å². The number of nitrogens with one attached hydrogen (secondary N) is 1. The number of halogens is 1. The van der Waals surface area contributed by atoms with E-state index in [-0.39, 0.29) is 11.7 Å². The third-order valence-corrected chi connectivity index (χ3v) is 5.29. The number of hydrogen-bond donors (Lipinski definition) is 1. The predicted molar refractivity (Wildman–Crippen MR) is 108 cm³/mol. The van der Waals surface area contributed by atoms with Gasteiger partial charge in [0.15, 0.2) is 0 Å². The van der Waals surface area contributed by atoms with Gasteiger partial charge >= 0.3 is 0 Å². The average molecular weight is 394 g/mol. The monoisotopic (exact) mass is 393 g/mol. The molecular weight excluding hydrogens is 374 g/mol. The molecule has 7 heteroatoms. The molecule has 1 atom stereocenters. The van der Waals surface area contributed by atoms with Crippen molar-refractivity contribution >= 4 is 17.5 Å². The zero-order chi connectivity index (χ0) is 19.3. The van der Waals surface area contributed by atoms with Crippen molar-refractivity contribution in [3.63, 3.8) is 0 Å². The fourth-order valence-electron chi connectivity index (χ4n) is 3.55. The Morgan fingerprint density at radius 2 is 2.04 bits per heavy atom. The lowest BCUT2D eigenvalue weighted by molar-refractivity contribution is 0.255. The Balaban J connectivity index is 1.58. The summed E-state index contributed by atoms with van der Waals surface area (Å²) in [6.45, 7) is 2.63. The van der Waals surface area contributed by atoms with Crippen LogP contribution in [0.5, 0.6) is 0 Å². The summed E-state index contributed by atoms with van der Waals surface area (Å²) in [4.78, 5) is 10.8. The molecule has 0 bridgehead atoms. The molecule has 28 heavy (non-hydrogen) atoms. The van der Waals surface area contributed by atoms with Crippen molar-refractivity contribution < 1.29 is 4.42 Å². The van der Waals surface area contributed by atoms with Crippen LogP contribution in [0.3, 0.4) is 0 Å². The van der Waals surface area contributed by atoms with Gasteiger partial charge in [-0.15, -0.1) is 0 Å². The van der Waals surface area contributed by atoms with Crippen molar-refractivity contribution in [2.45, 2.75) is 18.9 Å². The maximum Gasteiger partial charge on any atom is 0.232 e. The largest absolute Gasteiger partial charge is 0.419 e. The third kappa shape index (κ3) is 3.86. The molecule has 1 aliphatic rings. The average Bonchev–Trinajstić information content (AvgIpc) is 3.40. The summed E-state index contributed by atoms with van der Waals surface area (Å²) < 4.78 is 5.83. The molecule has 1 fully saturated rings. The highest BCUT2D eigenvalue weighted by Gasteiger charge is 2.26. The normalized spacial score (nSPS) is 15.3. The zero-order valence-corrected chi connectivity index (χ0v) is 16.1. The Hall–Kier alpha value is -2.88. The minimum absolute atomic E-state index is 0.0923. The third-order valence-electron chi connectivity index (χ3n) is 4.94. The lowest BCUT2D eigenvalue weighted by Crippen LogP contribution is -2.31. The molecule has 0 radical (unpaired) electrons. The molecule has 1 saturated heterocycles. The maximum atomic E-state index is 9.46. The number of hydrogen-bond acceptors (Lipinski definition) is 6. The number of pyridine rings is 1. The van der Waals surface area contributed by atoms with Gasteiger partial charge in [0.2, 0.25) is 17.5 Å². The van der Waals surface area contributed by atoms with Gasteiger partial charge in [0.05, 0.1) is 11.6 Å². The Labute approximate surface area is 168 Å². The standard InChI is InChI=1S/C21H20ClN5O/c22-17-8-2-1-7-16(17)19(27-10-3-4-11-27)14-25-21-18(12-23)26-20(28-21)15-6-5-9-24-13-15/h1-2,5-9,13,19,25H,3-4,10-11,14H2. The van der Waals surface area contributed by atoms with Crippen molar-refractivity contribution in [2.24, 2.45) is 0 Å². The van der Waals surface area contributed by atoms with Crippen LogP contribution in [0.4, 0.5) is 5.88 Å². The first kappa shape index (κ1) is 18.5. The number of aromatic nitrogens is 2. The predicted octanol–water partition coefficient (Wildman–Crippen LogP) is 4.51. The topological polar surface area (TPSA) is 78.0 Å². The maximum absolute atomic E-state index is 9.46. The fourth-order valence-corrected chi connectivity index (χ4v) is 3.81. The molecule has 142 valence electrons. The van der Waals surface area contributed by atoms with E-state index in [9.17, 15) is 5.26 Å². The van der Waals surface area contributed by atoms with Gasteiger partial charge in [0, 0.05) is 24.0 Å². The number of nitrogens with zero attached hydrogens (tertiary/aromatic N) is 4. The number of rotatable bonds is 6. The quantitative estimate of drug-likeness (QED) is 0.663. The first-order valence-electron chi connectivity index (χ1n) is 9.30. The van der Waals surface area contributed by atoms with Gasteiger partial charge in [-0.3, -0.25) is 9.88 Å². The van der Waals surface area contributed by atoms with Gasteiger partial charge in [0.1, 0.15) is 6.07 Å². The Bertz CT molecular complexity index is 976. The van der Waals surface area contributed by atoms with Crippen LogP contribution in [0.2, 0.25) is 5.02 Å². The highest BCUT2D eigenvalue weighted by Crippen LogP contribution is 2.31. The van der Waals surface area contributed by atoms with Gasteiger partial charge in [-0.05, 0) is 49.7 Å². The van der Waals surface area contributed by atoms with Crippen LogP contribution in [0.1, 0.15) is 30.1 Å². The Morgan fingerprint density at radius 1 is 1.21 bits per heavy atom. The summed E-state index contributed by atoms with van der Waals surface area (Å²) in [7, 11) is 0. The van der Waals surface area contributed by atoms with E-state index in [1.165, 1.54) is 12.8 Å². The van der Waals surface area contributed by atoms with E-state index in [1.54, 1.807) is 18.5 Å². The van der Waals surface area contributed by atoms with Crippen molar-refractivity contribution in [3.05, 3.63) is 65.1 Å². The summed E-state index contributed by atoms with van der Waals surface area (Å²) in [5, 5.41) is 13.5. The Kier molecular flexibility index (Phi) is 5.56. The van der Waals surface area contributed by atoms with Crippen LogP contribution in [0.15, 0.2) is 53.2 Å². The van der Waals surface area contributed by atoms with E-state index >= 15 is 0 Å². The second-order valence-electron chi connectivity index (χ2n) is 6.71. The minimum Gasteiger partial charge on any atom is -0.419 e. The van der Waals surface area contributed by atoms with Crippen molar-refractivity contribution in [3.8, 4) is 17.5 Å². The zero-order valence-electron chi connectivity index (χ0n) is 15.3. The van der Waals surface area contributed by atoms with E-state index in [1.807, 2.05) is 24.3 Å². The smallest absolute Gasteiger partial charge is 0.232 e. The number of benzene rings is 1. The van der Waals surface area contributed by atoms with Crippen molar-refractivity contribution in [1.82, 2.24) is 14.9 Å². The first-order valence-corrected chi connectivity index (χ1v) is 9.67. The molecule has 1 unspecified atom stereocenters. The van der Waals surface area contributed by atoms with Crippen molar-refractivity contribution in [1.29, 1.82) is 5.26 Å². The molecular formula is C21H20ClN5O. The van der Waals surface area contributed by atoms with Crippen LogP contribution >= 0.6 is 11.6 Å². The second kappa shape index (κ2) is 8.42. The highest BCUT2D eigenvalue weighted by molar-refractivity contribution is 6.31. The van der Waals surface area contributed by atoms with Crippen molar-refractivity contribution in [2.75, 3.05) is 25.0 Å². The summed E-state index contributed by atoms with van der Waals surface area (Å²) in [6, 6.07) is 13.8. The van der Waals surface area contributed by atoms with Crippen LogP contribution in [0.25, 0.3) is 11.5 Å². The van der Waals surface area contributed by atoms with Crippen LogP contribution in [-0.4, -0.2) is 34.5 Å². The molecule has 3 aromatic rings. The molecule has 0 amide bonds.